The summed E-state index contributed by atoms with van der Waals surface area (Å²) in [6.07, 6.45) is 3.27. The van der Waals surface area contributed by atoms with Crippen molar-refractivity contribution < 1.29 is 0 Å². The summed E-state index contributed by atoms with van der Waals surface area (Å²) in [4.78, 5) is 0. The van der Waals surface area contributed by atoms with Crippen molar-refractivity contribution in [1.29, 1.82) is 5.26 Å². The molecule has 1 heteroatoms. The lowest BCUT2D eigenvalue weighted by Crippen LogP contribution is -2.00. The summed E-state index contributed by atoms with van der Waals surface area (Å²) in [7, 11) is 0. The highest BCUT2D eigenvalue weighted by molar-refractivity contribution is 5.35. The van der Waals surface area contributed by atoms with E-state index in [0.29, 0.717) is 0 Å². The zero-order valence-corrected chi connectivity index (χ0v) is 5.07. The second-order valence-corrected chi connectivity index (χ2v) is 2.05. The van der Waals surface area contributed by atoms with Crippen LogP contribution in [0.1, 0.15) is 26.2 Å². The minimum Gasteiger partial charge on any atom is -0.193 e. The van der Waals surface area contributed by atoms with Crippen LogP contribution in [0, 0.1) is 11.3 Å². The van der Waals surface area contributed by atoms with Gasteiger partial charge in [-0.25, -0.2) is 0 Å². The fraction of sp³-hybridized carbons (Fsp3) is 0.571. The summed E-state index contributed by atoms with van der Waals surface area (Å²) in [6.45, 7) is 2.10. The van der Waals surface area contributed by atoms with Gasteiger partial charge in [-0.1, -0.05) is 12.5 Å². The molecule has 0 N–H and O–H groups in total. The number of rotatable bonds is 1. The number of nitrogens with zero attached hydrogens (tertiary/aromatic N) is 1. The molecule has 1 nitrogen and oxygen atoms in total. The van der Waals surface area contributed by atoms with Crippen molar-refractivity contribution in [2.45, 2.75) is 26.2 Å². The lowest BCUT2D eigenvalue weighted by molar-refractivity contribution is 0.780. The van der Waals surface area contributed by atoms with Crippen molar-refractivity contribution in [1.82, 2.24) is 0 Å². The number of nitriles is 1. The summed E-state index contributed by atoms with van der Waals surface area (Å²) in [6, 6.07) is 2.18. The van der Waals surface area contributed by atoms with Crippen molar-refractivity contribution in [2.75, 3.05) is 0 Å². The summed E-state index contributed by atoms with van der Waals surface area (Å²) in [5.74, 6) is 0. The van der Waals surface area contributed by atoms with E-state index in [0.717, 1.165) is 18.4 Å². The predicted molar refractivity (Wildman–Crippen MR) is 32.2 cm³/mol. The molecule has 0 heterocycles. The molecule has 0 radical (unpaired) electrons. The van der Waals surface area contributed by atoms with E-state index in [1.807, 2.05) is 0 Å². The molecular weight excluding hydrogens is 98.1 g/mol. The van der Waals surface area contributed by atoms with Gasteiger partial charge >= 0.3 is 0 Å². The van der Waals surface area contributed by atoms with Gasteiger partial charge in [0.25, 0.3) is 0 Å². The zero-order chi connectivity index (χ0) is 5.98. The molecule has 0 spiro atoms. The largest absolute Gasteiger partial charge is 0.193 e. The molecule has 0 bridgehead atoms. The average Bonchev–Trinajstić information content (AvgIpc) is 1.66. The smallest absolute Gasteiger partial charge is 0.0946 e. The molecule has 8 heavy (non-hydrogen) atoms. The van der Waals surface area contributed by atoms with Gasteiger partial charge in [-0.3, -0.25) is 0 Å². The first-order chi connectivity index (χ1) is 3.88. The minimum absolute atomic E-state index is 1.03. The van der Waals surface area contributed by atoms with Crippen LogP contribution in [0.2, 0.25) is 0 Å². The number of hydrogen-bond donors (Lipinski definition) is 0. The van der Waals surface area contributed by atoms with Crippen molar-refractivity contribution in [3.63, 3.8) is 0 Å². The van der Waals surface area contributed by atoms with Crippen LogP contribution >= 0.6 is 0 Å². The van der Waals surface area contributed by atoms with Gasteiger partial charge in [0.15, 0.2) is 0 Å². The SMILES string of the molecule is CCC1=C(C#N)CC1. The Morgan fingerprint density at radius 2 is 2.38 bits per heavy atom. The third-order valence-corrected chi connectivity index (χ3v) is 1.67. The molecule has 1 aliphatic rings. The Balaban J connectivity index is 2.67. The van der Waals surface area contributed by atoms with Crippen molar-refractivity contribution in [3.05, 3.63) is 11.1 Å². The Bertz CT molecular complexity index is 160. The van der Waals surface area contributed by atoms with Gasteiger partial charge in [0, 0.05) is 5.57 Å². The average molecular weight is 107 g/mol. The second kappa shape index (κ2) is 2.00. The maximum absolute atomic E-state index is 8.38. The summed E-state index contributed by atoms with van der Waals surface area (Å²) < 4.78 is 0. The van der Waals surface area contributed by atoms with Gasteiger partial charge in [-0.15, -0.1) is 0 Å². The molecule has 42 valence electrons. The van der Waals surface area contributed by atoms with Crippen LogP contribution in [0.4, 0.5) is 0 Å². The molecule has 0 amide bonds. The van der Waals surface area contributed by atoms with E-state index in [-0.39, 0.29) is 0 Å². The number of hydrogen-bond acceptors (Lipinski definition) is 1. The van der Waals surface area contributed by atoms with Gasteiger partial charge in [0.1, 0.15) is 0 Å². The van der Waals surface area contributed by atoms with Crippen molar-refractivity contribution >= 4 is 0 Å². The summed E-state index contributed by atoms with van der Waals surface area (Å²) in [5.41, 5.74) is 2.40. The monoisotopic (exact) mass is 107 g/mol. The first-order valence-corrected chi connectivity index (χ1v) is 2.99. The molecule has 0 saturated heterocycles. The summed E-state index contributed by atoms with van der Waals surface area (Å²) >= 11 is 0. The lowest BCUT2D eigenvalue weighted by atomic mass is 9.88. The first-order valence-electron chi connectivity index (χ1n) is 2.99. The Hall–Kier alpha value is -0.770. The highest BCUT2D eigenvalue weighted by atomic mass is 14.3. The highest BCUT2D eigenvalue weighted by Gasteiger charge is 2.13. The van der Waals surface area contributed by atoms with E-state index in [1.165, 1.54) is 12.0 Å². The molecular formula is C7H9N. The van der Waals surface area contributed by atoms with Crippen LogP contribution < -0.4 is 0 Å². The third-order valence-electron chi connectivity index (χ3n) is 1.67. The topological polar surface area (TPSA) is 23.8 Å². The third kappa shape index (κ3) is 0.626. The maximum atomic E-state index is 8.38. The van der Waals surface area contributed by atoms with E-state index in [1.54, 1.807) is 0 Å². The van der Waals surface area contributed by atoms with E-state index >= 15 is 0 Å². The van der Waals surface area contributed by atoms with Gasteiger partial charge in [0.2, 0.25) is 0 Å². The first kappa shape index (κ1) is 5.37. The fourth-order valence-electron chi connectivity index (χ4n) is 0.952. The molecule has 0 fully saturated rings. The molecule has 1 aliphatic carbocycles. The number of allylic oxidation sites excluding steroid dienone is 2. The van der Waals surface area contributed by atoms with Gasteiger partial charge in [0.05, 0.1) is 6.07 Å². The van der Waals surface area contributed by atoms with Crippen LogP contribution in [0.5, 0.6) is 0 Å². The van der Waals surface area contributed by atoms with E-state index in [2.05, 4.69) is 13.0 Å². The molecule has 1 rings (SSSR count). The van der Waals surface area contributed by atoms with Crippen LogP contribution in [-0.4, -0.2) is 0 Å². The van der Waals surface area contributed by atoms with Crippen LogP contribution in [0.15, 0.2) is 11.1 Å². The fourth-order valence-corrected chi connectivity index (χ4v) is 0.952. The Kier molecular flexibility index (Phi) is 1.34. The molecule has 0 aromatic heterocycles. The Morgan fingerprint density at radius 3 is 2.50 bits per heavy atom. The summed E-state index contributed by atoms with van der Waals surface area (Å²) in [5, 5.41) is 8.38. The van der Waals surface area contributed by atoms with Gasteiger partial charge in [-0.2, -0.15) is 5.26 Å². The lowest BCUT2D eigenvalue weighted by Gasteiger charge is -2.15. The zero-order valence-electron chi connectivity index (χ0n) is 5.07. The molecule has 0 atom stereocenters. The Morgan fingerprint density at radius 1 is 1.62 bits per heavy atom. The van der Waals surface area contributed by atoms with Crippen LogP contribution in [0.25, 0.3) is 0 Å². The molecule has 0 aliphatic heterocycles. The van der Waals surface area contributed by atoms with E-state index < -0.39 is 0 Å². The standard InChI is InChI=1S/C7H9N/c1-2-6-3-4-7(6)5-8/h2-4H2,1H3. The molecule has 0 unspecified atom stereocenters. The highest BCUT2D eigenvalue weighted by Crippen LogP contribution is 2.28. The van der Waals surface area contributed by atoms with Crippen LogP contribution in [-0.2, 0) is 0 Å². The quantitative estimate of drug-likeness (QED) is 0.502. The molecule has 0 saturated carbocycles. The normalized spacial score (nSPS) is 17.5. The van der Waals surface area contributed by atoms with E-state index in [4.69, 9.17) is 5.26 Å². The van der Waals surface area contributed by atoms with Gasteiger partial charge < -0.3 is 0 Å². The maximum Gasteiger partial charge on any atom is 0.0946 e. The minimum atomic E-state index is 1.03. The molecule has 0 aromatic carbocycles. The van der Waals surface area contributed by atoms with Crippen LogP contribution in [0.3, 0.4) is 0 Å². The van der Waals surface area contributed by atoms with Gasteiger partial charge in [-0.05, 0) is 19.3 Å². The van der Waals surface area contributed by atoms with Crippen molar-refractivity contribution in [3.8, 4) is 6.07 Å². The predicted octanol–water partition coefficient (Wildman–Crippen LogP) is 2.01. The Labute approximate surface area is 49.6 Å². The van der Waals surface area contributed by atoms with Crippen molar-refractivity contribution in [2.24, 2.45) is 0 Å². The second-order valence-electron chi connectivity index (χ2n) is 2.05. The van der Waals surface area contributed by atoms with E-state index in [9.17, 15) is 0 Å². The molecule has 0 aromatic rings.